The van der Waals surface area contributed by atoms with Gasteiger partial charge in [-0.15, -0.1) is 0 Å². The molecular weight excluding hydrogens is 461 g/mol. The molecule has 0 rings (SSSR count). The van der Waals surface area contributed by atoms with Crippen molar-refractivity contribution < 1.29 is 42.1 Å². The highest BCUT2D eigenvalue weighted by atomic mass is 31.2. The van der Waals surface area contributed by atoms with E-state index in [2.05, 4.69) is 6.92 Å². The van der Waals surface area contributed by atoms with Crippen molar-refractivity contribution >= 4 is 19.8 Å². The maximum atomic E-state index is 12.0. The summed E-state index contributed by atoms with van der Waals surface area (Å²) in [7, 11) is 1.16. The van der Waals surface area contributed by atoms with Crippen molar-refractivity contribution in [2.45, 2.75) is 97.0 Å². The van der Waals surface area contributed by atoms with Crippen LogP contribution in [0, 0.1) is 0 Å². The summed E-state index contributed by atoms with van der Waals surface area (Å²) in [5.74, 6) is -1.03. The molecular formula is C24H48NO8P. The molecule has 0 fully saturated rings. The van der Waals surface area contributed by atoms with Crippen LogP contribution in [-0.4, -0.2) is 70.0 Å². The lowest BCUT2D eigenvalue weighted by Crippen LogP contribution is -2.37. The van der Waals surface area contributed by atoms with Gasteiger partial charge in [0.1, 0.15) is 19.8 Å². The average molecular weight is 510 g/mol. The Morgan fingerprint density at radius 1 is 0.853 bits per heavy atom. The zero-order valence-corrected chi connectivity index (χ0v) is 22.9. The van der Waals surface area contributed by atoms with Gasteiger partial charge in [0.05, 0.1) is 27.7 Å². The van der Waals surface area contributed by atoms with Crippen molar-refractivity contribution in [2.75, 3.05) is 47.5 Å². The lowest BCUT2D eigenvalue weighted by molar-refractivity contribution is -0.870. The molecule has 0 aromatic heterocycles. The molecule has 0 aliphatic heterocycles. The molecule has 0 radical (unpaired) electrons. The van der Waals surface area contributed by atoms with Gasteiger partial charge in [0.15, 0.2) is 6.10 Å². The summed E-state index contributed by atoms with van der Waals surface area (Å²) in [6.07, 6.45) is 12.3. The molecule has 202 valence electrons. The molecule has 0 bridgehead atoms. The molecule has 0 saturated carbocycles. The van der Waals surface area contributed by atoms with Crippen LogP contribution in [0.15, 0.2) is 0 Å². The zero-order chi connectivity index (χ0) is 25.9. The van der Waals surface area contributed by atoms with Gasteiger partial charge in [0.25, 0.3) is 7.82 Å². The van der Waals surface area contributed by atoms with E-state index >= 15 is 0 Å². The van der Waals surface area contributed by atoms with Gasteiger partial charge in [-0.1, -0.05) is 71.1 Å². The van der Waals surface area contributed by atoms with Gasteiger partial charge < -0.3 is 27.9 Å². The molecule has 34 heavy (non-hydrogen) atoms. The topological polar surface area (TPSA) is 111 Å². The van der Waals surface area contributed by atoms with Gasteiger partial charge in [-0.25, -0.2) is 0 Å². The molecule has 0 N–H and O–H groups in total. The lowest BCUT2D eigenvalue weighted by Gasteiger charge is -2.28. The Morgan fingerprint density at radius 3 is 1.88 bits per heavy atom. The van der Waals surface area contributed by atoms with Gasteiger partial charge in [0, 0.05) is 13.3 Å². The third kappa shape index (κ3) is 22.8. The summed E-state index contributed by atoms with van der Waals surface area (Å²) < 4.78 is 32.2. The van der Waals surface area contributed by atoms with Crippen LogP contribution in [0.4, 0.5) is 0 Å². The van der Waals surface area contributed by atoms with Crippen molar-refractivity contribution in [1.29, 1.82) is 0 Å². The van der Waals surface area contributed by atoms with Crippen LogP contribution in [0.3, 0.4) is 0 Å². The molecule has 0 aliphatic carbocycles. The number of hydrogen-bond donors (Lipinski definition) is 0. The van der Waals surface area contributed by atoms with E-state index < -0.39 is 32.5 Å². The minimum atomic E-state index is -4.56. The molecule has 0 spiro atoms. The Morgan fingerprint density at radius 2 is 1.38 bits per heavy atom. The molecule has 9 nitrogen and oxygen atoms in total. The van der Waals surface area contributed by atoms with Crippen LogP contribution in [0.2, 0.25) is 0 Å². The minimum Gasteiger partial charge on any atom is -0.756 e. The van der Waals surface area contributed by atoms with Crippen LogP contribution >= 0.6 is 7.82 Å². The van der Waals surface area contributed by atoms with E-state index in [1.54, 1.807) is 0 Å². The number of ether oxygens (including phenoxy) is 2. The number of nitrogens with zero attached hydrogens (tertiary/aromatic N) is 1. The van der Waals surface area contributed by atoms with E-state index in [0.717, 1.165) is 19.3 Å². The highest BCUT2D eigenvalue weighted by Crippen LogP contribution is 2.38. The first kappa shape index (κ1) is 33.0. The third-order valence-corrected chi connectivity index (χ3v) is 6.14. The van der Waals surface area contributed by atoms with Crippen LogP contribution < -0.4 is 4.89 Å². The van der Waals surface area contributed by atoms with E-state index in [1.807, 2.05) is 21.1 Å². The Labute approximate surface area is 206 Å². The summed E-state index contributed by atoms with van der Waals surface area (Å²) in [6.45, 7) is 3.11. The van der Waals surface area contributed by atoms with E-state index in [4.69, 9.17) is 18.5 Å². The standard InChI is InChI=1S/C24H48NO8P/c1-6-7-8-9-10-11-12-13-14-15-16-17-24(27)30-20-23(33-22(2)26)21-32-34(28,29)31-19-18-25(3,4)5/h23H,6-21H2,1-5H3/t23-/m1/s1. The van der Waals surface area contributed by atoms with Gasteiger partial charge in [-0.05, 0) is 6.42 Å². The normalized spacial score (nSPS) is 14.4. The van der Waals surface area contributed by atoms with Crippen molar-refractivity contribution in [1.82, 2.24) is 0 Å². The zero-order valence-electron chi connectivity index (χ0n) is 22.1. The summed E-state index contributed by atoms with van der Waals surface area (Å²) in [5, 5.41) is 0. The maximum absolute atomic E-state index is 12.0. The number of carbonyl (C=O) groups is 2. The van der Waals surface area contributed by atoms with Crippen molar-refractivity contribution in [3.05, 3.63) is 0 Å². The number of hydrogen-bond acceptors (Lipinski definition) is 8. The van der Waals surface area contributed by atoms with Gasteiger partial charge in [-0.2, -0.15) is 0 Å². The molecule has 0 amide bonds. The van der Waals surface area contributed by atoms with Gasteiger partial charge in [-0.3, -0.25) is 14.2 Å². The van der Waals surface area contributed by atoms with Crippen LogP contribution in [0.1, 0.15) is 90.9 Å². The molecule has 0 aromatic carbocycles. The minimum absolute atomic E-state index is 0.0313. The number of esters is 2. The Balaban J connectivity index is 4.03. The summed E-state index contributed by atoms with van der Waals surface area (Å²) in [5.41, 5.74) is 0. The fourth-order valence-electron chi connectivity index (χ4n) is 3.18. The fraction of sp³-hybridized carbons (Fsp3) is 0.917. The average Bonchev–Trinajstić information content (AvgIpc) is 2.72. The number of quaternary nitrogens is 1. The van der Waals surface area contributed by atoms with E-state index in [1.165, 1.54) is 58.3 Å². The number of unbranched alkanes of at least 4 members (excludes halogenated alkanes) is 10. The van der Waals surface area contributed by atoms with Crippen LogP contribution in [0.5, 0.6) is 0 Å². The van der Waals surface area contributed by atoms with Crippen molar-refractivity contribution in [2.24, 2.45) is 0 Å². The lowest BCUT2D eigenvalue weighted by atomic mass is 10.1. The molecule has 0 aromatic rings. The number of rotatable bonds is 22. The molecule has 10 heteroatoms. The van der Waals surface area contributed by atoms with Crippen LogP contribution in [-0.2, 0) is 32.7 Å². The molecule has 2 atom stereocenters. The number of likely N-dealkylation sites (N-methyl/N-ethyl adjacent to an activating group) is 1. The first-order chi connectivity index (χ1) is 15.9. The molecule has 0 saturated heterocycles. The monoisotopic (exact) mass is 509 g/mol. The van der Waals surface area contributed by atoms with Gasteiger partial charge >= 0.3 is 11.9 Å². The Kier molecular flexibility index (Phi) is 18.7. The highest BCUT2D eigenvalue weighted by Gasteiger charge is 2.20. The highest BCUT2D eigenvalue weighted by molar-refractivity contribution is 7.45. The number of carbonyl (C=O) groups excluding carboxylic acids is 2. The van der Waals surface area contributed by atoms with E-state index in [-0.39, 0.29) is 19.6 Å². The third-order valence-electron chi connectivity index (χ3n) is 5.18. The van der Waals surface area contributed by atoms with Gasteiger partial charge in [0.2, 0.25) is 0 Å². The molecule has 0 aliphatic rings. The Bertz CT molecular complexity index is 594. The molecule has 1 unspecified atom stereocenters. The largest absolute Gasteiger partial charge is 0.756 e. The van der Waals surface area contributed by atoms with E-state index in [9.17, 15) is 19.0 Å². The number of phosphoric ester groups is 1. The SMILES string of the molecule is CCCCCCCCCCCCCC(=O)OC[C@H](COP(=O)([O-])OCC[N+](C)(C)C)OC(C)=O. The molecule has 0 heterocycles. The summed E-state index contributed by atoms with van der Waals surface area (Å²) in [4.78, 5) is 35.2. The first-order valence-corrected chi connectivity index (χ1v) is 14.1. The first-order valence-electron chi connectivity index (χ1n) is 12.7. The number of phosphoric acid groups is 1. The quantitative estimate of drug-likeness (QED) is 0.0915. The maximum Gasteiger partial charge on any atom is 0.305 e. The fourth-order valence-corrected chi connectivity index (χ4v) is 3.91. The summed E-state index contributed by atoms with van der Waals surface area (Å²) >= 11 is 0. The predicted octanol–water partition coefficient (Wildman–Crippen LogP) is 4.37. The van der Waals surface area contributed by atoms with Crippen molar-refractivity contribution in [3.8, 4) is 0 Å². The van der Waals surface area contributed by atoms with Crippen molar-refractivity contribution in [3.63, 3.8) is 0 Å². The second kappa shape index (κ2) is 19.2. The van der Waals surface area contributed by atoms with E-state index in [0.29, 0.717) is 11.0 Å². The second-order valence-corrected chi connectivity index (χ2v) is 11.2. The summed E-state index contributed by atoms with van der Waals surface area (Å²) in [6, 6.07) is 0. The smallest absolute Gasteiger partial charge is 0.305 e. The second-order valence-electron chi connectivity index (χ2n) is 9.79. The van der Waals surface area contributed by atoms with Crippen LogP contribution in [0.25, 0.3) is 0 Å². The Hall–Kier alpha value is -0.990. The predicted molar refractivity (Wildman–Crippen MR) is 130 cm³/mol.